The summed E-state index contributed by atoms with van der Waals surface area (Å²) in [6, 6.07) is -0.0353. The summed E-state index contributed by atoms with van der Waals surface area (Å²) >= 11 is 4.55. The molecule has 0 aromatic carbocycles. The molecule has 1 atom stereocenters. The number of hydrazone groups is 1. The lowest BCUT2D eigenvalue weighted by Gasteiger charge is -2.07. The van der Waals surface area contributed by atoms with Crippen LogP contribution in [-0.2, 0) is 0 Å². The summed E-state index contributed by atoms with van der Waals surface area (Å²) < 4.78 is 0. The minimum atomic E-state index is -0.0353. The Hall–Kier alpha value is -0.390. The van der Waals surface area contributed by atoms with Crippen molar-refractivity contribution in [1.29, 1.82) is 0 Å². The Balaban J connectivity index is 0. The zero-order valence-corrected chi connectivity index (χ0v) is 9.49. The molecule has 4 nitrogen and oxygen atoms in total. The van der Waals surface area contributed by atoms with Gasteiger partial charge in [0.05, 0.1) is 0 Å². The third-order valence-electron chi connectivity index (χ3n) is 1.18. The Bertz CT molecular complexity index is 172. The van der Waals surface area contributed by atoms with Crippen LogP contribution in [-0.4, -0.2) is 17.4 Å². The van der Waals surface area contributed by atoms with E-state index in [0.717, 1.165) is 6.42 Å². The second-order valence-electron chi connectivity index (χ2n) is 3.05. The topological polar surface area (TPSA) is 76.4 Å². The molecule has 0 amide bonds. The molecule has 0 spiro atoms. The van der Waals surface area contributed by atoms with Crippen molar-refractivity contribution in [3.05, 3.63) is 0 Å². The van der Waals surface area contributed by atoms with Gasteiger partial charge in [0, 0.05) is 12.3 Å². The van der Waals surface area contributed by atoms with Crippen molar-refractivity contribution in [3.63, 3.8) is 0 Å². The van der Waals surface area contributed by atoms with Gasteiger partial charge in [-0.3, -0.25) is 5.43 Å². The van der Waals surface area contributed by atoms with Crippen LogP contribution < -0.4 is 16.9 Å². The van der Waals surface area contributed by atoms with Gasteiger partial charge in [0.1, 0.15) is 0 Å². The van der Waals surface area contributed by atoms with Gasteiger partial charge in [0.15, 0.2) is 5.11 Å². The van der Waals surface area contributed by atoms with E-state index in [1.54, 1.807) is 6.21 Å². The van der Waals surface area contributed by atoms with Gasteiger partial charge in [0.25, 0.3) is 0 Å². The molecule has 0 heterocycles. The molecule has 13 heavy (non-hydrogen) atoms. The number of thiocarbonyl (C=S) groups is 1. The van der Waals surface area contributed by atoms with Crippen LogP contribution in [0.1, 0.15) is 20.3 Å². The fourth-order valence-corrected chi connectivity index (χ4v) is 0.855. The third kappa shape index (κ3) is 11.6. The lowest BCUT2D eigenvalue weighted by Crippen LogP contribution is -2.28. The summed E-state index contributed by atoms with van der Waals surface area (Å²) in [5.41, 5.74) is 13.3. The van der Waals surface area contributed by atoms with Gasteiger partial charge in [-0.25, -0.2) is 0 Å². The minimum absolute atomic E-state index is 0. The van der Waals surface area contributed by atoms with Crippen molar-refractivity contribution < 1.29 is 0 Å². The van der Waals surface area contributed by atoms with Crippen molar-refractivity contribution in [2.45, 2.75) is 26.3 Å². The van der Waals surface area contributed by atoms with E-state index in [1.165, 1.54) is 0 Å². The molecule has 0 saturated heterocycles. The Morgan fingerprint density at radius 1 is 1.62 bits per heavy atom. The molecule has 5 N–H and O–H groups in total. The van der Waals surface area contributed by atoms with Gasteiger partial charge in [0.2, 0.25) is 0 Å². The van der Waals surface area contributed by atoms with Crippen molar-refractivity contribution in [2.75, 3.05) is 0 Å². The van der Waals surface area contributed by atoms with Gasteiger partial charge in [-0.15, -0.1) is 12.4 Å². The highest BCUT2D eigenvalue weighted by Crippen LogP contribution is 2.00. The van der Waals surface area contributed by atoms with Crippen molar-refractivity contribution in [3.8, 4) is 0 Å². The van der Waals surface area contributed by atoms with Crippen LogP contribution in [0.5, 0.6) is 0 Å². The molecule has 0 fully saturated rings. The Morgan fingerprint density at radius 3 is 2.54 bits per heavy atom. The van der Waals surface area contributed by atoms with E-state index < -0.39 is 0 Å². The standard InChI is InChI=1S/C7H16N4S.ClH/c1-5(2)3-6(8)4-10-11-7(9)12;/h4-6H,3,8H2,1-2H3,(H3,9,11,12);1H/b10-4-;. The highest BCUT2D eigenvalue weighted by Gasteiger charge is 2.01. The maximum absolute atomic E-state index is 5.69. The van der Waals surface area contributed by atoms with Crippen LogP contribution in [0.25, 0.3) is 0 Å². The zero-order chi connectivity index (χ0) is 9.56. The van der Waals surface area contributed by atoms with E-state index in [2.05, 4.69) is 36.6 Å². The molecule has 78 valence electrons. The predicted molar refractivity (Wildman–Crippen MR) is 63.1 cm³/mol. The average molecular weight is 225 g/mol. The maximum Gasteiger partial charge on any atom is 0.184 e. The van der Waals surface area contributed by atoms with Crippen LogP contribution in [0.4, 0.5) is 0 Å². The van der Waals surface area contributed by atoms with Gasteiger partial charge in [-0.05, 0) is 24.6 Å². The minimum Gasteiger partial charge on any atom is -0.375 e. The smallest absolute Gasteiger partial charge is 0.184 e. The highest BCUT2D eigenvalue weighted by molar-refractivity contribution is 7.80. The number of nitrogens with two attached hydrogens (primary N) is 2. The average Bonchev–Trinajstić information content (AvgIpc) is 1.84. The lowest BCUT2D eigenvalue weighted by molar-refractivity contribution is 0.563. The quantitative estimate of drug-likeness (QED) is 0.371. The Labute approximate surface area is 90.5 Å². The normalized spacial score (nSPS) is 12.6. The maximum atomic E-state index is 5.69. The predicted octanol–water partition coefficient (Wildman–Crippen LogP) is 0.601. The molecule has 0 aliphatic heterocycles. The first-order chi connectivity index (χ1) is 5.52. The first kappa shape index (κ1) is 15.1. The van der Waals surface area contributed by atoms with Crippen LogP contribution in [0.2, 0.25) is 0 Å². The molecule has 0 rings (SSSR count). The van der Waals surface area contributed by atoms with Crippen LogP contribution >= 0.6 is 24.6 Å². The van der Waals surface area contributed by atoms with Gasteiger partial charge in [-0.1, -0.05) is 13.8 Å². The molecule has 0 aliphatic carbocycles. The van der Waals surface area contributed by atoms with Gasteiger partial charge >= 0.3 is 0 Å². The molecule has 0 aromatic heterocycles. The summed E-state index contributed by atoms with van der Waals surface area (Å²) in [4.78, 5) is 0. The molecule has 0 bridgehead atoms. The summed E-state index contributed by atoms with van der Waals surface area (Å²) in [6.45, 7) is 4.21. The van der Waals surface area contributed by atoms with Gasteiger partial charge in [-0.2, -0.15) is 5.10 Å². The summed E-state index contributed by atoms with van der Waals surface area (Å²) in [5, 5.41) is 3.91. The van der Waals surface area contributed by atoms with E-state index in [-0.39, 0.29) is 23.6 Å². The number of rotatable bonds is 4. The van der Waals surface area contributed by atoms with Crippen LogP contribution in [0.3, 0.4) is 0 Å². The van der Waals surface area contributed by atoms with Crippen LogP contribution in [0.15, 0.2) is 5.10 Å². The molecular weight excluding hydrogens is 208 g/mol. The monoisotopic (exact) mass is 224 g/mol. The summed E-state index contributed by atoms with van der Waals surface area (Å²) in [7, 11) is 0. The molecule has 6 heteroatoms. The summed E-state index contributed by atoms with van der Waals surface area (Å²) in [6.07, 6.45) is 2.52. The third-order valence-corrected chi connectivity index (χ3v) is 1.28. The van der Waals surface area contributed by atoms with Crippen molar-refractivity contribution in [1.82, 2.24) is 5.43 Å². The first-order valence-corrected chi connectivity index (χ1v) is 4.27. The number of hydrogen-bond acceptors (Lipinski definition) is 3. The van der Waals surface area contributed by atoms with Crippen molar-refractivity contribution >= 4 is 36.0 Å². The second-order valence-corrected chi connectivity index (χ2v) is 3.49. The largest absolute Gasteiger partial charge is 0.375 e. The number of nitrogens with one attached hydrogen (secondary N) is 1. The van der Waals surface area contributed by atoms with E-state index in [1.807, 2.05) is 0 Å². The van der Waals surface area contributed by atoms with E-state index in [9.17, 15) is 0 Å². The van der Waals surface area contributed by atoms with E-state index in [4.69, 9.17) is 11.5 Å². The first-order valence-electron chi connectivity index (χ1n) is 3.86. The zero-order valence-electron chi connectivity index (χ0n) is 7.86. The summed E-state index contributed by atoms with van der Waals surface area (Å²) in [5.74, 6) is 0.566. The number of nitrogens with zero attached hydrogens (tertiary/aromatic N) is 1. The van der Waals surface area contributed by atoms with Gasteiger partial charge < -0.3 is 11.5 Å². The molecule has 0 radical (unpaired) electrons. The fourth-order valence-electron chi connectivity index (χ4n) is 0.802. The SMILES string of the molecule is CC(C)CC(N)/C=N\NC(N)=S.Cl. The Kier molecular flexibility index (Phi) is 9.55. The fraction of sp³-hybridized carbons (Fsp3) is 0.714. The molecule has 0 saturated carbocycles. The number of hydrogen-bond donors (Lipinski definition) is 3. The van der Waals surface area contributed by atoms with Crippen LogP contribution in [0, 0.1) is 5.92 Å². The Morgan fingerprint density at radius 2 is 2.15 bits per heavy atom. The highest BCUT2D eigenvalue weighted by atomic mass is 35.5. The molecule has 0 aromatic rings. The lowest BCUT2D eigenvalue weighted by atomic mass is 10.1. The molecule has 1 unspecified atom stereocenters. The van der Waals surface area contributed by atoms with Crippen molar-refractivity contribution in [2.24, 2.45) is 22.5 Å². The molecule has 0 aliphatic rings. The van der Waals surface area contributed by atoms with E-state index >= 15 is 0 Å². The second kappa shape index (κ2) is 8.22. The molecular formula is C7H17ClN4S. The number of halogens is 1. The van der Waals surface area contributed by atoms with E-state index in [0.29, 0.717) is 5.92 Å².